The molecule has 0 fully saturated rings. The molecule has 0 saturated carbocycles. The monoisotopic (exact) mass is 315 g/mol. The van der Waals surface area contributed by atoms with Gasteiger partial charge >= 0.3 is 0 Å². The first-order valence-corrected chi connectivity index (χ1v) is 7.71. The van der Waals surface area contributed by atoms with Crippen molar-refractivity contribution < 1.29 is 9.53 Å². The molecule has 1 aliphatic rings. The molecule has 1 heterocycles. The highest BCUT2D eigenvalue weighted by atomic mass is 35.5. The van der Waals surface area contributed by atoms with Crippen molar-refractivity contribution in [1.82, 2.24) is 0 Å². The summed E-state index contributed by atoms with van der Waals surface area (Å²) in [4.78, 5) is 12.5. The number of anilines is 1. The van der Waals surface area contributed by atoms with E-state index in [1.807, 2.05) is 57.2 Å². The minimum atomic E-state index is -0.386. The number of hydrogen-bond acceptors (Lipinski definition) is 2. The standard InChI is InChI=1S/C18H18ClNO2/c1-10(2)22-16-7-5-4-6-12(16)17-13-9-14(19)11(3)8-15(13)20-18(17)21/h4-10,17H,1-3H3,(H,20,21). The Labute approximate surface area is 135 Å². The van der Waals surface area contributed by atoms with Crippen LogP contribution in [0.15, 0.2) is 36.4 Å². The van der Waals surface area contributed by atoms with Crippen LogP contribution in [-0.4, -0.2) is 12.0 Å². The van der Waals surface area contributed by atoms with Crippen LogP contribution in [0.2, 0.25) is 5.02 Å². The fraction of sp³-hybridized carbons (Fsp3) is 0.278. The van der Waals surface area contributed by atoms with Crippen molar-refractivity contribution in [1.29, 1.82) is 0 Å². The summed E-state index contributed by atoms with van der Waals surface area (Å²) in [7, 11) is 0. The van der Waals surface area contributed by atoms with Crippen LogP contribution in [0.1, 0.15) is 36.5 Å². The summed E-state index contributed by atoms with van der Waals surface area (Å²) in [5.41, 5.74) is 3.55. The molecule has 2 aromatic rings. The van der Waals surface area contributed by atoms with E-state index >= 15 is 0 Å². The predicted molar refractivity (Wildman–Crippen MR) is 88.9 cm³/mol. The average molecular weight is 316 g/mol. The Hall–Kier alpha value is -2.00. The Morgan fingerprint density at radius 2 is 1.91 bits per heavy atom. The van der Waals surface area contributed by atoms with Crippen molar-refractivity contribution in [3.05, 3.63) is 58.1 Å². The van der Waals surface area contributed by atoms with Gasteiger partial charge < -0.3 is 10.1 Å². The maximum Gasteiger partial charge on any atom is 0.236 e. The molecule has 1 atom stereocenters. The average Bonchev–Trinajstić information content (AvgIpc) is 2.75. The van der Waals surface area contributed by atoms with Gasteiger partial charge in [-0.3, -0.25) is 4.79 Å². The third kappa shape index (κ3) is 2.57. The van der Waals surface area contributed by atoms with Gasteiger partial charge in [-0.2, -0.15) is 0 Å². The van der Waals surface area contributed by atoms with E-state index in [4.69, 9.17) is 16.3 Å². The molecule has 0 saturated heterocycles. The molecule has 0 radical (unpaired) electrons. The van der Waals surface area contributed by atoms with Gasteiger partial charge in [0.15, 0.2) is 0 Å². The lowest BCUT2D eigenvalue weighted by Gasteiger charge is -2.17. The summed E-state index contributed by atoms with van der Waals surface area (Å²) in [5.74, 6) is 0.307. The number of benzene rings is 2. The van der Waals surface area contributed by atoms with Gasteiger partial charge in [-0.25, -0.2) is 0 Å². The molecule has 2 aromatic carbocycles. The highest BCUT2D eigenvalue weighted by Crippen LogP contribution is 2.42. The van der Waals surface area contributed by atoms with Gasteiger partial charge in [-0.05, 0) is 50.1 Å². The summed E-state index contributed by atoms with van der Waals surface area (Å²) in [6.45, 7) is 5.87. The van der Waals surface area contributed by atoms with Crippen LogP contribution in [0.25, 0.3) is 0 Å². The molecule has 114 valence electrons. The predicted octanol–water partition coefficient (Wildman–Crippen LogP) is 4.52. The van der Waals surface area contributed by atoms with E-state index in [0.29, 0.717) is 5.02 Å². The minimum Gasteiger partial charge on any atom is -0.491 e. The second-order valence-electron chi connectivity index (χ2n) is 5.82. The number of nitrogens with one attached hydrogen (secondary N) is 1. The van der Waals surface area contributed by atoms with Crippen LogP contribution in [-0.2, 0) is 4.79 Å². The maximum atomic E-state index is 12.5. The second-order valence-corrected chi connectivity index (χ2v) is 6.22. The summed E-state index contributed by atoms with van der Waals surface area (Å²) in [6, 6.07) is 11.5. The summed E-state index contributed by atoms with van der Waals surface area (Å²) >= 11 is 6.25. The third-order valence-electron chi connectivity index (χ3n) is 3.75. The molecule has 1 amide bonds. The van der Waals surface area contributed by atoms with Gasteiger partial charge in [-0.1, -0.05) is 29.8 Å². The number of aryl methyl sites for hydroxylation is 1. The first kappa shape index (κ1) is 14.9. The van der Waals surface area contributed by atoms with Crippen LogP contribution in [0.3, 0.4) is 0 Å². The Bertz CT molecular complexity index is 740. The van der Waals surface area contributed by atoms with Gasteiger partial charge in [0.05, 0.1) is 12.0 Å². The number of amides is 1. The molecule has 3 nitrogen and oxygen atoms in total. The number of ether oxygens (including phenoxy) is 1. The summed E-state index contributed by atoms with van der Waals surface area (Å²) in [5, 5.41) is 3.61. The smallest absolute Gasteiger partial charge is 0.236 e. The van der Waals surface area contributed by atoms with E-state index < -0.39 is 0 Å². The topological polar surface area (TPSA) is 38.3 Å². The Morgan fingerprint density at radius 1 is 1.18 bits per heavy atom. The lowest BCUT2D eigenvalue weighted by molar-refractivity contribution is -0.116. The molecular formula is C18H18ClNO2. The van der Waals surface area contributed by atoms with Crippen molar-refractivity contribution in [3.63, 3.8) is 0 Å². The number of carbonyl (C=O) groups is 1. The number of hydrogen-bond donors (Lipinski definition) is 1. The number of para-hydroxylation sites is 1. The largest absolute Gasteiger partial charge is 0.491 e. The summed E-state index contributed by atoms with van der Waals surface area (Å²) in [6.07, 6.45) is 0.0479. The van der Waals surface area contributed by atoms with Crippen LogP contribution in [0, 0.1) is 6.92 Å². The minimum absolute atomic E-state index is 0.0449. The quantitative estimate of drug-likeness (QED) is 0.904. The van der Waals surface area contributed by atoms with E-state index in [2.05, 4.69) is 5.32 Å². The van der Waals surface area contributed by atoms with Crippen molar-refractivity contribution in [2.24, 2.45) is 0 Å². The first-order chi connectivity index (χ1) is 10.5. The van der Waals surface area contributed by atoms with Crippen LogP contribution in [0.4, 0.5) is 5.69 Å². The number of halogens is 1. The summed E-state index contributed by atoms with van der Waals surface area (Å²) < 4.78 is 5.86. The molecule has 0 spiro atoms. The normalized spacial score (nSPS) is 16.6. The third-order valence-corrected chi connectivity index (χ3v) is 4.16. The number of rotatable bonds is 3. The molecule has 0 aliphatic carbocycles. The Kier molecular flexibility index (Phi) is 3.83. The van der Waals surface area contributed by atoms with E-state index in [9.17, 15) is 4.79 Å². The fourth-order valence-corrected chi connectivity index (χ4v) is 2.95. The maximum absolute atomic E-state index is 12.5. The van der Waals surface area contributed by atoms with Crippen LogP contribution >= 0.6 is 11.6 Å². The molecule has 1 aliphatic heterocycles. The zero-order valence-corrected chi connectivity index (χ0v) is 13.6. The number of fused-ring (bicyclic) bond motifs is 1. The number of carbonyl (C=O) groups excluding carboxylic acids is 1. The first-order valence-electron chi connectivity index (χ1n) is 7.34. The molecule has 0 aromatic heterocycles. The van der Waals surface area contributed by atoms with Crippen LogP contribution < -0.4 is 10.1 Å². The zero-order valence-electron chi connectivity index (χ0n) is 12.8. The molecule has 4 heteroatoms. The highest BCUT2D eigenvalue weighted by molar-refractivity contribution is 6.31. The van der Waals surface area contributed by atoms with Gasteiger partial charge in [0, 0.05) is 16.3 Å². The molecule has 1 unspecified atom stereocenters. The van der Waals surface area contributed by atoms with Crippen molar-refractivity contribution in [2.45, 2.75) is 32.8 Å². The van der Waals surface area contributed by atoms with E-state index in [-0.39, 0.29) is 17.9 Å². The van der Waals surface area contributed by atoms with Gasteiger partial charge in [0.25, 0.3) is 0 Å². The van der Waals surface area contributed by atoms with E-state index in [1.54, 1.807) is 0 Å². The van der Waals surface area contributed by atoms with Gasteiger partial charge in [0.2, 0.25) is 5.91 Å². The highest BCUT2D eigenvalue weighted by Gasteiger charge is 2.34. The van der Waals surface area contributed by atoms with E-state index in [0.717, 1.165) is 28.1 Å². The van der Waals surface area contributed by atoms with Gasteiger partial charge in [-0.15, -0.1) is 0 Å². The fourth-order valence-electron chi connectivity index (χ4n) is 2.78. The second kappa shape index (κ2) is 5.65. The van der Waals surface area contributed by atoms with Crippen molar-refractivity contribution in [3.8, 4) is 5.75 Å². The zero-order chi connectivity index (χ0) is 15.9. The van der Waals surface area contributed by atoms with Crippen molar-refractivity contribution >= 4 is 23.2 Å². The van der Waals surface area contributed by atoms with E-state index in [1.165, 1.54) is 0 Å². The lowest BCUT2D eigenvalue weighted by atomic mass is 9.91. The Balaban J connectivity index is 2.11. The molecule has 1 N–H and O–H groups in total. The molecule has 22 heavy (non-hydrogen) atoms. The lowest BCUT2D eigenvalue weighted by Crippen LogP contribution is -2.15. The SMILES string of the molecule is Cc1cc2c(cc1Cl)C(c1ccccc1OC(C)C)C(=O)N2. The van der Waals surface area contributed by atoms with Gasteiger partial charge in [0.1, 0.15) is 5.75 Å². The molecule has 3 rings (SSSR count). The molecular weight excluding hydrogens is 298 g/mol. The van der Waals surface area contributed by atoms with Crippen LogP contribution in [0.5, 0.6) is 5.75 Å². The molecule has 0 bridgehead atoms. The Morgan fingerprint density at radius 3 is 2.64 bits per heavy atom. The van der Waals surface area contributed by atoms with Crippen molar-refractivity contribution in [2.75, 3.05) is 5.32 Å².